The largest absolute Gasteiger partial charge is 0.416 e. The Bertz CT molecular complexity index is 494. The van der Waals surface area contributed by atoms with Crippen LogP contribution in [0.2, 0.25) is 0 Å². The van der Waals surface area contributed by atoms with E-state index in [1.807, 2.05) is 0 Å². The predicted octanol–water partition coefficient (Wildman–Crippen LogP) is 3.17. The fourth-order valence-corrected chi connectivity index (χ4v) is 1.86. The molecule has 0 aromatic heterocycles. The maximum Gasteiger partial charge on any atom is 0.416 e. The second kappa shape index (κ2) is 7.61. The van der Waals surface area contributed by atoms with Crippen molar-refractivity contribution < 1.29 is 27.1 Å². The Hall–Kier alpha value is -1.34. The Morgan fingerprint density at radius 1 is 1.33 bits per heavy atom. The highest BCUT2D eigenvalue weighted by atomic mass is 35.5. The van der Waals surface area contributed by atoms with Gasteiger partial charge in [-0.05, 0) is 18.2 Å². The second-order valence-corrected chi connectivity index (χ2v) is 4.54. The number of amides is 1. The molecule has 0 N–H and O–H groups in total. The summed E-state index contributed by atoms with van der Waals surface area (Å²) in [4.78, 5) is 13.3. The van der Waals surface area contributed by atoms with E-state index >= 15 is 0 Å². The molecule has 0 atom stereocenters. The monoisotopic (exact) mass is 327 g/mol. The normalized spacial score (nSPS) is 11.5. The minimum atomic E-state index is -4.65. The Balaban J connectivity index is 3.08. The van der Waals surface area contributed by atoms with Crippen molar-refractivity contribution in [1.29, 1.82) is 0 Å². The number of hydrogen-bond acceptors (Lipinski definition) is 2. The molecule has 0 aliphatic heterocycles. The van der Waals surface area contributed by atoms with E-state index in [2.05, 4.69) is 0 Å². The molecule has 1 aromatic carbocycles. The van der Waals surface area contributed by atoms with Crippen molar-refractivity contribution in [1.82, 2.24) is 4.90 Å². The van der Waals surface area contributed by atoms with Crippen LogP contribution in [-0.2, 0) is 10.9 Å². The Labute approximate surface area is 124 Å². The number of ether oxygens (including phenoxy) is 1. The van der Waals surface area contributed by atoms with Gasteiger partial charge in [0, 0.05) is 26.1 Å². The molecular formula is C13H14ClF4NO2. The van der Waals surface area contributed by atoms with Crippen molar-refractivity contribution in [3.8, 4) is 0 Å². The molecule has 3 nitrogen and oxygen atoms in total. The van der Waals surface area contributed by atoms with Crippen molar-refractivity contribution in [3.05, 3.63) is 35.1 Å². The summed E-state index contributed by atoms with van der Waals surface area (Å²) in [5.74, 6) is -1.78. The Kier molecular flexibility index (Phi) is 6.42. The second-order valence-electron chi connectivity index (χ2n) is 4.17. The van der Waals surface area contributed by atoms with Gasteiger partial charge in [-0.15, -0.1) is 11.6 Å². The SMILES string of the molecule is COCCN(CCCl)C(=O)c1cc(C(F)(F)F)ccc1F. The number of methoxy groups -OCH3 is 1. The predicted molar refractivity (Wildman–Crippen MR) is 69.9 cm³/mol. The van der Waals surface area contributed by atoms with E-state index in [0.29, 0.717) is 18.2 Å². The lowest BCUT2D eigenvalue weighted by Gasteiger charge is -2.22. The molecule has 0 saturated carbocycles. The van der Waals surface area contributed by atoms with Gasteiger partial charge in [-0.1, -0.05) is 0 Å². The summed E-state index contributed by atoms with van der Waals surface area (Å²) in [5.41, 5.74) is -1.71. The van der Waals surface area contributed by atoms with Crippen LogP contribution < -0.4 is 0 Å². The standard InChI is InChI=1S/C13H14ClF4NO2/c1-21-7-6-19(5-4-14)12(20)10-8-9(13(16,17)18)2-3-11(10)15/h2-3,8H,4-7H2,1H3. The van der Waals surface area contributed by atoms with E-state index in [0.717, 1.165) is 4.90 Å². The third-order valence-corrected chi connectivity index (χ3v) is 2.90. The van der Waals surface area contributed by atoms with Gasteiger partial charge in [0.1, 0.15) is 5.82 Å². The number of benzene rings is 1. The highest BCUT2D eigenvalue weighted by Gasteiger charge is 2.32. The topological polar surface area (TPSA) is 29.5 Å². The van der Waals surface area contributed by atoms with E-state index in [1.165, 1.54) is 7.11 Å². The van der Waals surface area contributed by atoms with E-state index < -0.39 is 29.0 Å². The first-order valence-electron chi connectivity index (χ1n) is 6.02. The zero-order valence-corrected chi connectivity index (χ0v) is 12.0. The highest BCUT2D eigenvalue weighted by molar-refractivity contribution is 6.18. The van der Waals surface area contributed by atoms with Crippen LogP contribution in [-0.4, -0.2) is 43.5 Å². The smallest absolute Gasteiger partial charge is 0.383 e. The third-order valence-electron chi connectivity index (χ3n) is 2.73. The van der Waals surface area contributed by atoms with Crippen molar-refractivity contribution in [3.63, 3.8) is 0 Å². The van der Waals surface area contributed by atoms with Crippen molar-refractivity contribution >= 4 is 17.5 Å². The molecule has 0 aliphatic carbocycles. The van der Waals surface area contributed by atoms with E-state index in [4.69, 9.17) is 16.3 Å². The molecule has 0 unspecified atom stereocenters. The highest BCUT2D eigenvalue weighted by Crippen LogP contribution is 2.30. The number of carbonyl (C=O) groups is 1. The Morgan fingerprint density at radius 3 is 2.52 bits per heavy atom. The van der Waals surface area contributed by atoms with E-state index in [1.54, 1.807) is 0 Å². The molecule has 0 saturated heterocycles. The molecule has 0 bridgehead atoms. The average Bonchev–Trinajstić information content (AvgIpc) is 2.42. The van der Waals surface area contributed by atoms with Crippen LogP contribution in [0.15, 0.2) is 18.2 Å². The molecule has 8 heteroatoms. The number of nitrogens with zero attached hydrogens (tertiary/aromatic N) is 1. The maximum atomic E-state index is 13.7. The van der Waals surface area contributed by atoms with Gasteiger partial charge in [0.25, 0.3) is 5.91 Å². The van der Waals surface area contributed by atoms with Gasteiger partial charge in [0.05, 0.1) is 17.7 Å². The maximum absolute atomic E-state index is 13.7. The summed E-state index contributed by atoms with van der Waals surface area (Å²) in [6, 6.07) is 1.73. The van der Waals surface area contributed by atoms with Crippen LogP contribution in [0.3, 0.4) is 0 Å². The fraction of sp³-hybridized carbons (Fsp3) is 0.462. The van der Waals surface area contributed by atoms with Gasteiger partial charge in [-0.25, -0.2) is 4.39 Å². The molecule has 0 fully saturated rings. The molecule has 0 heterocycles. The summed E-state index contributed by atoms with van der Waals surface area (Å²) < 4.78 is 56.3. The average molecular weight is 328 g/mol. The van der Waals surface area contributed by atoms with Crippen LogP contribution in [0.25, 0.3) is 0 Å². The van der Waals surface area contributed by atoms with Crippen LogP contribution in [0.5, 0.6) is 0 Å². The molecule has 0 aliphatic rings. The first-order valence-corrected chi connectivity index (χ1v) is 6.55. The van der Waals surface area contributed by atoms with Crippen molar-refractivity contribution in [2.45, 2.75) is 6.18 Å². The lowest BCUT2D eigenvalue weighted by molar-refractivity contribution is -0.137. The lowest BCUT2D eigenvalue weighted by Crippen LogP contribution is -2.36. The number of alkyl halides is 4. The third kappa shape index (κ3) is 4.86. The van der Waals surface area contributed by atoms with Gasteiger partial charge >= 0.3 is 6.18 Å². The van der Waals surface area contributed by atoms with Crippen LogP contribution >= 0.6 is 11.6 Å². The van der Waals surface area contributed by atoms with Gasteiger partial charge in [0.2, 0.25) is 0 Å². The minimum absolute atomic E-state index is 0.0794. The van der Waals surface area contributed by atoms with Gasteiger partial charge in [0.15, 0.2) is 0 Å². The van der Waals surface area contributed by atoms with Crippen LogP contribution in [0.4, 0.5) is 17.6 Å². The number of rotatable bonds is 6. The molecule has 1 rings (SSSR count). The van der Waals surface area contributed by atoms with Crippen LogP contribution in [0, 0.1) is 5.82 Å². The first kappa shape index (κ1) is 17.7. The lowest BCUT2D eigenvalue weighted by atomic mass is 10.1. The number of hydrogen-bond donors (Lipinski definition) is 0. The zero-order valence-electron chi connectivity index (χ0n) is 11.2. The van der Waals surface area contributed by atoms with Gasteiger partial charge in [-0.3, -0.25) is 4.79 Å². The molecular weight excluding hydrogens is 314 g/mol. The van der Waals surface area contributed by atoms with Gasteiger partial charge < -0.3 is 9.64 Å². The fourth-order valence-electron chi connectivity index (χ4n) is 1.65. The van der Waals surface area contributed by atoms with E-state index in [-0.39, 0.29) is 25.6 Å². The molecule has 21 heavy (non-hydrogen) atoms. The summed E-state index contributed by atoms with van der Waals surface area (Å²) in [5, 5.41) is 0. The van der Waals surface area contributed by atoms with Crippen LogP contribution in [0.1, 0.15) is 15.9 Å². The van der Waals surface area contributed by atoms with Gasteiger partial charge in [-0.2, -0.15) is 13.2 Å². The van der Waals surface area contributed by atoms with Crippen molar-refractivity contribution in [2.24, 2.45) is 0 Å². The number of halogens is 5. The summed E-state index contributed by atoms with van der Waals surface area (Å²) in [7, 11) is 1.41. The quantitative estimate of drug-likeness (QED) is 0.593. The summed E-state index contributed by atoms with van der Waals surface area (Å²) in [6.45, 7) is 0.361. The molecule has 1 aromatic rings. The zero-order chi connectivity index (χ0) is 16.0. The number of carbonyl (C=O) groups excluding carboxylic acids is 1. The summed E-state index contributed by atoms with van der Waals surface area (Å²) >= 11 is 5.54. The molecule has 0 radical (unpaired) electrons. The molecule has 0 spiro atoms. The van der Waals surface area contributed by atoms with E-state index in [9.17, 15) is 22.4 Å². The first-order chi connectivity index (χ1) is 9.81. The summed E-state index contributed by atoms with van der Waals surface area (Å²) in [6.07, 6.45) is -4.65. The minimum Gasteiger partial charge on any atom is -0.383 e. The molecule has 1 amide bonds. The Morgan fingerprint density at radius 2 is 2.00 bits per heavy atom. The molecule has 118 valence electrons. The van der Waals surface area contributed by atoms with Crippen molar-refractivity contribution in [2.75, 3.05) is 32.7 Å².